The van der Waals surface area contributed by atoms with Crippen molar-refractivity contribution in [1.29, 1.82) is 0 Å². The van der Waals surface area contributed by atoms with Crippen molar-refractivity contribution in [2.75, 3.05) is 0 Å². The van der Waals surface area contributed by atoms with E-state index in [2.05, 4.69) is 13.8 Å². The lowest BCUT2D eigenvalue weighted by atomic mass is 9.87. The summed E-state index contributed by atoms with van der Waals surface area (Å²) in [5.74, 6) is 0. The predicted molar refractivity (Wildman–Crippen MR) is 54.1 cm³/mol. The third-order valence-corrected chi connectivity index (χ3v) is 2.86. The Morgan fingerprint density at radius 1 is 1.42 bits per heavy atom. The summed E-state index contributed by atoms with van der Waals surface area (Å²) in [5.41, 5.74) is 9.17. The van der Waals surface area contributed by atoms with Gasteiger partial charge in [0.15, 0.2) is 0 Å². The first-order valence-corrected chi connectivity index (χ1v) is 5.17. The zero-order valence-electron chi connectivity index (χ0n) is 8.40. The van der Waals surface area contributed by atoms with Crippen molar-refractivity contribution >= 4 is 0 Å². The van der Waals surface area contributed by atoms with Crippen molar-refractivity contribution in [2.24, 2.45) is 5.73 Å². The SMILES string of the molecule is CCCC(C)=C1CCC(N)CC1. The molecule has 70 valence electrons. The van der Waals surface area contributed by atoms with Crippen LogP contribution in [0.25, 0.3) is 0 Å². The fourth-order valence-electron chi connectivity index (χ4n) is 1.97. The van der Waals surface area contributed by atoms with Gasteiger partial charge in [-0.3, -0.25) is 0 Å². The van der Waals surface area contributed by atoms with Gasteiger partial charge < -0.3 is 5.73 Å². The first-order valence-electron chi connectivity index (χ1n) is 5.17. The van der Waals surface area contributed by atoms with Gasteiger partial charge in [-0.1, -0.05) is 24.5 Å². The van der Waals surface area contributed by atoms with Gasteiger partial charge in [0.05, 0.1) is 0 Å². The highest BCUT2D eigenvalue weighted by molar-refractivity contribution is 5.14. The lowest BCUT2D eigenvalue weighted by Gasteiger charge is -2.22. The second kappa shape index (κ2) is 4.66. The summed E-state index contributed by atoms with van der Waals surface area (Å²) in [6.45, 7) is 4.54. The minimum Gasteiger partial charge on any atom is -0.328 e. The molecule has 0 bridgehead atoms. The quantitative estimate of drug-likeness (QED) is 0.629. The van der Waals surface area contributed by atoms with Gasteiger partial charge in [0, 0.05) is 6.04 Å². The minimum atomic E-state index is 0.475. The molecule has 0 radical (unpaired) electrons. The smallest absolute Gasteiger partial charge is 0.00449 e. The van der Waals surface area contributed by atoms with Gasteiger partial charge in [0.1, 0.15) is 0 Å². The van der Waals surface area contributed by atoms with Gasteiger partial charge in [-0.05, 0) is 39.0 Å². The fourth-order valence-corrected chi connectivity index (χ4v) is 1.97. The average molecular weight is 167 g/mol. The van der Waals surface area contributed by atoms with Crippen LogP contribution in [-0.4, -0.2) is 6.04 Å². The molecule has 1 nitrogen and oxygen atoms in total. The second-order valence-electron chi connectivity index (χ2n) is 3.97. The minimum absolute atomic E-state index is 0.475. The molecule has 0 aliphatic heterocycles. The maximum absolute atomic E-state index is 5.85. The zero-order chi connectivity index (χ0) is 8.97. The lowest BCUT2D eigenvalue weighted by Crippen LogP contribution is -2.23. The van der Waals surface area contributed by atoms with Crippen LogP contribution in [0.4, 0.5) is 0 Å². The van der Waals surface area contributed by atoms with E-state index in [9.17, 15) is 0 Å². The molecule has 0 saturated heterocycles. The molecule has 2 N–H and O–H groups in total. The molecule has 1 heteroatoms. The zero-order valence-corrected chi connectivity index (χ0v) is 8.40. The summed E-state index contributed by atoms with van der Waals surface area (Å²) in [6.07, 6.45) is 7.48. The van der Waals surface area contributed by atoms with Crippen LogP contribution < -0.4 is 5.73 Å². The molecule has 0 unspecified atom stereocenters. The third kappa shape index (κ3) is 2.63. The fraction of sp³-hybridized carbons (Fsp3) is 0.818. The monoisotopic (exact) mass is 167 g/mol. The van der Waals surface area contributed by atoms with Crippen molar-refractivity contribution in [3.8, 4) is 0 Å². The summed E-state index contributed by atoms with van der Waals surface area (Å²) >= 11 is 0. The summed E-state index contributed by atoms with van der Waals surface area (Å²) in [6, 6.07) is 0.475. The molecule has 12 heavy (non-hydrogen) atoms. The molecule has 0 heterocycles. The van der Waals surface area contributed by atoms with Gasteiger partial charge in [0.25, 0.3) is 0 Å². The molecule has 0 amide bonds. The highest BCUT2D eigenvalue weighted by Gasteiger charge is 2.13. The van der Waals surface area contributed by atoms with Gasteiger partial charge in [0.2, 0.25) is 0 Å². The highest BCUT2D eigenvalue weighted by Crippen LogP contribution is 2.26. The van der Waals surface area contributed by atoms with Gasteiger partial charge >= 0.3 is 0 Å². The van der Waals surface area contributed by atoms with Crippen LogP contribution in [0.5, 0.6) is 0 Å². The molecule has 0 aromatic rings. The number of hydrogen-bond acceptors (Lipinski definition) is 1. The van der Waals surface area contributed by atoms with E-state index in [4.69, 9.17) is 5.73 Å². The Morgan fingerprint density at radius 2 is 2.00 bits per heavy atom. The van der Waals surface area contributed by atoms with E-state index in [-0.39, 0.29) is 0 Å². The van der Waals surface area contributed by atoms with Crippen LogP contribution in [0.15, 0.2) is 11.1 Å². The molecular formula is C11H21N. The predicted octanol–water partition coefficient (Wildman–Crippen LogP) is 3.00. The number of nitrogens with two attached hydrogens (primary N) is 1. The van der Waals surface area contributed by atoms with Gasteiger partial charge in [-0.2, -0.15) is 0 Å². The summed E-state index contributed by atoms with van der Waals surface area (Å²) in [4.78, 5) is 0. The van der Waals surface area contributed by atoms with E-state index >= 15 is 0 Å². The van der Waals surface area contributed by atoms with Gasteiger partial charge in [-0.25, -0.2) is 0 Å². The maximum Gasteiger partial charge on any atom is 0.00449 e. The Morgan fingerprint density at radius 3 is 2.50 bits per heavy atom. The van der Waals surface area contributed by atoms with E-state index in [1.54, 1.807) is 11.1 Å². The molecule has 1 fully saturated rings. The average Bonchev–Trinajstić information content (AvgIpc) is 2.06. The summed E-state index contributed by atoms with van der Waals surface area (Å²) in [7, 11) is 0. The van der Waals surface area contributed by atoms with Crippen molar-refractivity contribution in [3.63, 3.8) is 0 Å². The normalized spacial score (nSPS) is 24.2. The number of hydrogen-bond donors (Lipinski definition) is 1. The van der Waals surface area contributed by atoms with E-state index in [1.165, 1.54) is 38.5 Å². The second-order valence-corrected chi connectivity index (χ2v) is 3.97. The van der Waals surface area contributed by atoms with Crippen molar-refractivity contribution in [3.05, 3.63) is 11.1 Å². The summed E-state index contributed by atoms with van der Waals surface area (Å²) < 4.78 is 0. The van der Waals surface area contributed by atoms with Crippen molar-refractivity contribution in [1.82, 2.24) is 0 Å². The van der Waals surface area contributed by atoms with Crippen LogP contribution in [0.3, 0.4) is 0 Å². The number of rotatable bonds is 2. The standard InChI is InChI=1S/C11H21N/c1-3-4-9(2)10-5-7-11(12)8-6-10/h11H,3-8,12H2,1-2H3. The Hall–Kier alpha value is -0.300. The van der Waals surface area contributed by atoms with Crippen molar-refractivity contribution in [2.45, 2.75) is 58.4 Å². The molecule has 0 spiro atoms. The van der Waals surface area contributed by atoms with Crippen LogP contribution in [0, 0.1) is 0 Å². The molecule has 1 rings (SSSR count). The molecule has 0 aromatic carbocycles. The third-order valence-electron chi connectivity index (χ3n) is 2.86. The first kappa shape index (κ1) is 9.79. The topological polar surface area (TPSA) is 26.0 Å². The van der Waals surface area contributed by atoms with E-state index < -0.39 is 0 Å². The Kier molecular flexibility index (Phi) is 3.80. The molecule has 1 aliphatic rings. The molecule has 1 aliphatic carbocycles. The molecular weight excluding hydrogens is 146 g/mol. The van der Waals surface area contributed by atoms with E-state index in [1.807, 2.05) is 0 Å². The largest absolute Gasteiger partial charge is 0.328 e. The van der Waals surface area contributed by atoms with Crippen LogP contribution in [-0.2, 0) is 0 Å². The van der Waals surface area contributed by atoms with Crippen molar-refractivity contribution < 1.29 is 0 Å². The molecule has 1 saturated carbocycles. The maximum atomic E-state index is 5.85. The molecule has 0 aromatic heterocycles. The van der Waals surface area contributed by atoms with E-state index in [0.717, 1.165) is 0 Å². The van der Waals surface area contributed by atoms with Crippen LogP contribution in [0.1, 0.15) is 52.4 Å². The Balaban J connectivity index is 2.46. The van der Waals surface area contributed by atoms with Crippen LogP contribution in [0.2, 0.25) is 0 Å². The first-order chi connectivity index (χ1) is 5.74. The van der Waals surface area contributed by atoms with Gasteiger partial charge in [-0.15, -0.1) is 0 Å². The number of allylic oxidation sites excluding steroid dienone is 2. The Labute approximate surface area is 76.0 Å². The van der Waals surface area contributed by atoms with Crippen LogP contribution >= 0.6 is 0 Å². The molecule has 0 atom stereocenters. The van der Waals surface area contributed by atoms with E-state index in [0.29, 0.717) is 6.04 Å². The summed E-state index contributed by atoms with van der Waals surface area (Å²) in [5, 5.41) is 0. The lowest BCUT2D eigenvalue weighted by molar-refractivity contribution is 0.506. The Bertz CT molecular complexity index is 160. The highest BCUT2D eigenvalue weighted by atomic mass is 14.6.